The lowest BCUT2D eigenvalue weighted by molar-refractivity contribution is -0.155. The lowest BCUT2D eigenvalue weighted by atomic mass is 9.84. The van der Waals surface area contributed by atoms with Crippen LogP contribution in [-0.2, 0) is 24.5 Å². The van der Waals surface area contributed by atoms with Crippen LogP contribution in [0.5, 0.6) is 0 Å². The molecule has 3 aliphatic rings. The summed E-state index contributed by atoms with van der Waals surface area (Å²) in [4.78, 5) is 41.2. The Morgan fingerprint density at radius 1 is 1.18 bits per heavy atom. The summed E-state index contributed by atoms with van der Waals surface area (Å²) in [7, 11) is 0. The van der Waals surface area contributed by atoms with Crippen molar-refractivity contribution in [2.24, 2.45) is 0 Å². The van der Waals surface area contributed by atoms with Gasteiger partial charge in [-0.25, -0.2) is 8.78 Å². The number of nitrogens with zero attached hydrogens (tertiary/aromatic N) is 2. The van der Waals surface area contributed by atoms with Crippen LogP contribution in [0.4, 0.5) is 14.5 Å². The standard InChI is InChI=1S/C25H32F2N2O4/c1-24(2,3)33-18(30)7-6-11-28-12-10-17(22(28)31)29-21-16(26)13-15(14-8-9-14)20(27)19(21)25(4,5)23(29)32/h13-14,17H,6-12H2,1-5H3/t17-/m0/s1. The molecule has 1 atom stereocenters. The minimum atomic E-state index is -1.25. The summed E-state index contributed by atoms with van der Waals surface area (Å²) >= 11 is 0. The zero-order valence-electron chi connectivity index (χ0n) is 20.0. The summed E-state index contributed by atoms with van der Waals surface area (Å²) in [5, 5.41) is 0. The Kier molecular flexibility index (Phi) is 5.78. The Labute approximate surface area is 193 Å². The van der Waals surface area contributed by atoms with Crippen molar-refractivity contribution in [1.82, 2.24) is 4.90 Å². The molecule has 2 amide bonds. The number of likely N-dealkylation sites (tertiary alicyclic amines) is 1. The smallest absolute Gasteiger partial charge is 0.306 e. The quantitative estimate of drug-likeness (QED) is 0.595. The van der Waals surface area contributed by atoms with E-state index in [0.717, 1.165) is 12.8 Å². The second-order valence-corrected chi connectivity index (χ2v) is 10.9. The summed E-state index contributed by atoms with van der Waals surface area (Å²) < 4.78 is 36.0. The van der Waals surface area contributed by atoms with E-state index in [2.05, 4.69) is 0 Å². The molecule has 2 fully saturated rings. The number of benzene rings is 1. The van der Waals surface area contributed by atoms with Crippen molar-refractivity contribution in [2.75, 3.05) is 18.0 Å². The predicted molar refractivity (Wildman–Crippen MR) is 119 cm³/mol. The number of carbonyl (C=O) groups excluding carboxylic acids is 3. The van der Waals surface area contributed by atoms with E-state index in [1.54, 1.807) is 39.5 Å². The molecular formula is C25H32F2N2O4. The normalized spacial score (nSPS) is 22.2. The number of hydrogen-bond acceptors (Lipinski definition) is 4. The first-order chi connectivity index (χ1) is 15.3. The number of ether oxygens (including phenoxy) is 1. The zero-order chi connectivity index (χ0) is 24.3. The number of hydrogen-bond donors (Lipinski definition) is 0. The Balaban J connectivity index is 1.51. The zero-order valence-corrected chi connectivity index (χ0v) is 20.0. The second-order valence-electron chi connectivity index (χ2n) is 10.9. The van der Waals surface area contributed by atoms with Gasteiger partial charge in [0.15, 0.2) is 0 Å². The van der Waals surface area contributed by atoms with Gasteiger partial charge in [0.05, 0.1) is 11.1 Å². The molecule has 33 heavy (non-hydrogen) atoms. The Morgan fingerprint density at radius 2 is 1.85 bits per heavy atom. The van der Waals surface area contributed by atoms with Crippen molar-refractivity contribution < 1.29 is 27.9 Å². The fraction of sp³-hybridized carbons (Fsp3) is 0.640. The molecule has 2 heterocycles. The minimum Gasteiger partial charge on any atom is -0.460 e. The van der Waals surface area contributed by atoms with Crippen LogP contribution in [0.2, 0.25) is 0 Å². The van der Waals surface area contributed by atoms with Crippen LogP contribution in [0.3, 0.4) is 0 Å². The van der Waals surface area contributed by atoms with Crippen molar-refractivity contribution in [1.29, 1.82) is 0 Å². The highest BCUT2D eigenvalue weighted by Crippen LogP contribution is 2.51. The van der Waals surface area contributed by atoms with Gasteiger partial charge in [-0.05, 0) is 77.8 Å². The second kappa shape index (κ2) is 8.06. The van der Waals surface area contributed by atoms with Gasteiger partial charge in [-0.3, -0.25) is 19.3 Å². The van der Waals surface area contributed by atoms with Crippen LogP contribution < -0.4 is 4.90 Å². The predicted octanol–water partition coefficient (Wildman–Crippen LogP) is 4.19. The fourth-order valence-corrected chi connectivity index (χ4v) is 4.93. The summed E-state index contributed by atoms with van der Waals surface area (Å²) in [6.07, 6.45) is 2.56. The van der Waals surface area contributed by atoms with E-state index >= 15 is 8.78 Å². The van der Waals surface area contributed by atoms with Crippen LogP contribution in [0.15, 0.2) is 6.07 Å². The van der Waals surface area contributed by atoms with Gasteiger partial charge in [0.2, 0.25) is 11.8 Å². The van der Waals surface area contributed by atoms with Gasteiger partial charge in [-0.15, -0.1) is 0 Å². The van der Waals surface area contributed by atoms with Crippen molar-refractivity contribution in [3.05, 3.63) is 28.8 Å². The molecule has 1 saturated heterocycles. The van der Waals surface area contributed by atoms with Gasteiger partial charge in [-0.2, -0.15) is 0 Å². The topological polar surface area (TPSA) is 66.9 Å². The van der Waals surface area contributed by atoms with Crippen molar-refractivity contribution in [2.45, 2.75) is 89.7 Å². The lowest BCUT2D eigenvalue weighted by Crippen LogP contribution is -2.47. The highest BCUT2D eigenvalue weighted by molar-refractivity contribution is 6.12. The first kappa shape index (κ1) is 23.6. The van der Waals surface area contributed by atoms with E-state index in [9.17, 15) is 14.4 Å². The average molecular weight is 463 g/mol. The first-order valence-electron chi connectivity index (χ1n) is 11.7. The number of esters is 1. The van der Waals surface area contributed by atoms with Crippen molar-refractivity contribution >= 4 is 23.5 Å². The van der Waals surface area contributed by atoms with Crippen LogP contribution >= 0.6 is 0 Å². The molecule has 180 valence electrons. The monoisotopic (exact) mass is 462 g/mol. The summed E-state index contributed by atoms with van der Waals surface area (Å²) in [5.74, 6) is -2.27. The average Bonchev–Trinajstić information content (AvgIpc) is 3.44. The third-order valence-electron chi connectivity index (χ3n) is 6.66. The number of halogens is 2. The SMILES string of the molecule is CC(C)(C)OC(=O)CCCN1CC[C@H](N2C(=O)C(C)(C)c3c(F)c(C4CC4)cc(F)c32)C1=O. The van der Waals surface area contributed by atoms with Gasteiger partial charge in [0.25, 0.3) is 0 Å². The van der Waals surface area contributed by atoms with Crippen LogP contribution in [0, 0.1) is 11.6 Å². The molecule has 1 aromatic carbocycles. The molecule has 1 aromatic rings. The maximum atomic E-state index is 15.4. The molecular weight excluding hydrogens is 430 g/mol. The molecule has 2 aliphatic heterocycles. The molecule has 0 bridgehead atoms. The molecule has 0 radical (unpaired) electrons. The summed E-state index contributed by atoms with van der Waals surface area (Å²) in [5.41, 5.74) is -1.53. The Morgan fingerprint density at radius 3 is 2.45 bits per heavy atom. The first-order valence-corrected chi connectivity index (χ1v) is 11.7. The number of anilines is 1. The number of fused-ring (bicyclic) bond motifs is 1. The number of amides is 2. The third kappa shape index (κ3) is 4.24. The van der Waals surface area contributed by atoms with Gasteiger partial charge in [0, 0.05) is 25.1 Å². The number of carbonyl (C=O) groups is 3. The molecule has 6 nitrogen and oxygen atoms in total. The van der Waals surface area contributed by atoms with E-state index in [-0.39, 0.29) is 35.5 Å². The molecule has 0 unspecified atom stereocenters. The van der Waals surface area contributed by atoms with Crippen molar-refractivity contribution in [3.8, 4) is 0 Å². The molecule has 4 rings (SSSR count). The van der Waals surface area contributed by atoms with E-state index in [1.165, 1.54) is 11.0 Å². The van der Waals surface area contributed by atoms with E-state index < -0.39 is 34.6 Å². The van der Waals surface area contributed by atoms with Gasteiger partial charge >= 0.3 is 5.97 Å². The highest BCUT2D eigenvalue weighted by Gasteiger charge is 2.53. The van der Waals surface area contributed by atoms with Crippen molar-refractivity contribution in [3.63, 3.8) is 0 Å². The van der Waals surface area contributed by atoms with Gasteiger partial charge < -0.3 is 9.64 Å². The van der Waals surface area contributed by atoms with E-state index in [4.69, 9.17) is 4.74 Å². The summed E-state index contributed by atoms with van der Waals surface area (Å²) in [6, 6.07) is 0.325. The maximum Gasteiger partial charge on any atom is 0.306 e. The minimum absolute atomic E-state index is 0.00155. The molecule has 1 aliphatic carbocycles. The van der Waals surface area contributed by atoms with Gasteiger partial charge in [0.1, 0.15) is 23.3 Å². The third-order valence-corrected chi connectivity index (χ3v) is 6.66. The molecule has 1 saturated carbocycles. The van der Waals surface area contributed by atoms with Crippen LogP contribution in [0.25, 0.3) is 0 Å². The fourth-order valence-electron chi connectivity index (χ4n) is 4.93. The summed E-state index contributed by atoms with van der Waals surface area (Å²) in [6.45, 7) is 9.28. The lowest BCUT2D eigenvalue weighted by Gasteiger charge is -2.26. The number of rotatable bonds is 6. The largest absolute Gasteiger partial charge is 0.460 e. The van der Waals surface area contributed by atoms with Crippen LogP contribution in [0.1, 0.15) is 83.8 Å². The molecule has 0 spiro atoms. The Bertz CT molecular complexity index is 1010. The van der Waals surface area contributed by atoms with Crippen LogP contribution in [-0.4, -0.2) is 47.4 Å². The Hall–Kier alpha value is -2.51. The maximum absolute atomic E-state index is 15.4. The molecule has 0 N–H and O–H groups in total. The van der Waals surface area contributed by atoms with E-state index in [1.807, 2.05) is 0 Å². The molecule has 8 heteroatoms. The van der Waals surface area contributed by atoms with E-state index in [0.29, 0.717) is 31.5 Å². The molecule has 0 aromatic heterocycles. The highest BCUT2D eigenvalue weighted by atomic mass is 19.1. The van der Waals surface area contributed by atoms with Gasteiger partial charge in [-0.1, -0.05) is 0 Å².